The molecule has 8 heteroatoms. The number of piperidine rings is 1. The Morgan fingerprint density at radius 2 is 2.18 bits per heavy atom. The maximum atomic E-state index is 12.2. The third kappa shape index (κ3) is 4.43. The van der Waals surface area contributed by atoms with Gasteiger partial charge < -0.3 is 10.6 Å². The van der Waals surface area contributed by atoms with E-state index in [1.807, 2.05) is 18.2 Å². The lowest BCUT2D eigenvalue weighted by atomic mass is 10.1. The van der Waals surface area contributed by atoms with Crippen molar-refractivity contribution in [1.82, 2.24) is 25.4 Å². The van der Waals surface area contributed by atoms with Gasteiger partial charge in [-0.15, -0.1) is 24.8 Å². The van der Waals surface area contributed by atoms with Gasteiger partial charge in [0.2, 0.25) is 0 Å². The van der Waals surface area contributed by atoms with E-state index in [2.05, 4.69) is 20.7 Å². The Morgan fingerprint density at radius 1 is 1.32 bits per heavy atom. The van der Waals surface area contributed by atoms with Crippen LogP contribution < -0.4 is 10.6 Å². The zero-order chi connectivity index (χ0) is 13.8. The summed E-state index contributed by atoms with van der Waals surface area (Å²) >= 11 is 0. The van der Waals surface area contributed by atoms with E-state index in [0.29, 0.717) is 11.5 Å². The zero-order valence-corrected chi connectivity index (χ0v) is 13.6. The molecule has 22 heavy (non-hydrogen) atoms. The third-order valence-electron chi connectivity index (χ3n) is 3.34. The second-order valence-corrected chi connectivity index (χ2v) is 4.85. The van der Waals surface area contributed by atoms with E-state index in [1.54, 1.807) is 23.1 Å². The van der Waals surface area contributed by atoms with Gasteiger partial charge >= 0.3 is 0 Å². The van der Waals surface area contributed by atoms with E-state index in [4.69, 9.17) is 0 Å². The van der Waals surface area contributed by atoms with Crippen molar-refractivity contribution in [2.75, 3.05) is 13.1 Å². The van der Waals surface area contributed by atoms with Crippen molar-refractivity contribution in [3.05, 3.63) is 42.4 Å². The number of carbonyl (C=O) groups is 1. The first-order valence-corrected chi connectivity index (χ1v) is 6.81. The molecule has 3 heterocycles. The normalized spacial score (nSPS) is 17.0. The molecule has 2 aromatic rings. The summed E-state index contributed by atoms with van der Waals surface area (Å²) < 4.78 is 1.64. The van der Waals surface area contributed by atoms with Crippen LogP contribution in [-0.4, -0.2) is 39.8 Å². The number of aromatic nitrogens is 3. The molecule has 0 aliphatic carbocycles. The number of nitrogens with zero attached hydrogens (tertiary/aromatic N) is 3. The molecule has 3 rings (SSSR count). The molecule has 6 nitrogen and oxygen atoms in total. The summed E-state index contributed by atoms with van der Waals surface area (Å²) in [5, 5.41) is 10.4. The van der Waals surface area contributed by atoms with Crippen molar-refractivity contribution in [2.45, 2.75) is 18.9 Å². The van der Waals surface area contributed by atoms with E-state index in [-0.39, 0.29) is 36.8 Å². The summed E-state index contributed by atoms with van der Waals surface area (Å²) in [7, 11) is 0. The highest BCUT2D eigenvalue weighted by atomic mass is 35.5. The van der Waals surface area contributed by atoms with Gasteiger partial charge in [0, 0.05) is 25.0 Å². The minimum absolute atomic E-state index is 0. The lowest BCUT2D eigenvalue weighted by Crippen LogP contribution is -2.45. The third-order valence-corrected chi connectivity index (χ3v) is 3.34. The quantitative estimate of drug-likeness (QED) is 0.887. The zero-order valence-electron chi connectivity index (χ0n) is 11.9. The molecule has 0 saturated carbocycles. The Balaban J connectivity index is 0.00000121. The molecule has 0 unspecified atom stereocenters. The standard InChI is InChI=1S/C14H17N5O.2ClH/c20-14(17-11-4-2-7-15-10-11)12-5-1-6-13(18-12)19-9-3-8-16-19;;/h1,3,5-6,8-9,11,15H,2,4,7,10H2,(H,17,20);2*1H/t11-;;/m0../s1. The summed E-state index contributed by atoms with van der Waals surface area (Å²) in [6.07, 6.45) is 5.58. The first kappa shape index (κ1) is 18.4. The Kier molecular flexibility index (Phi) is 7.31. The smallest absolute Gasteiger partial charge is 0.270 e. The lowest BCUT2D eigenvalue weighted by Gasteiger charge is -2.23. The molecule has 2 aromatic heterocycles. The number of amides is 1. The first-order chi connectivity index (χ1) is 9.83. The molecule has 0 spiro atoms. The topological polar surface area (TPSA) is 71.8 Å². The predicted octanol–water partition coefficient (Wildman–Crippen LogP) is 1.59. The van der Waals surface area contributed by atoms with E-state index in [1.165, 1.54) is 0 Å². The van der Waals surface area contributed by atoms with E-state index in [9.17, 15) is 4.79 Å². The summed E-state index contributed by atoms with van der Waals surface area (Å²) in [4.78, 5) is 16.6. The van der Waals surface area contributed by atoms with Crippen LogP contribution in [0.5, 0.6) is 0 Å². The van der Waals surface area contributed by atoms with Crippen molar-refractivity contribution in [2.24, 2.45) is 0 Å². The molecule has 120 valence electrons. The number of carbonyl (C=O) groups excluding carboxylic acids is 1. The van der Waals surface area contributed by atoms with Crippen LogP contribution >= 0.6 is 24.8 Å². The number of nitrogens with one attached hydrogen (secondary N) is 2. The Morgan fingerprint density at radius 3 is 2.86 bits per heavy atom. The van der Waals surface area contributed by atoms with Crippen LogP contribution in [0.1, 0.15) is 23.3 Å². The summed E-state index contributed by atoms with van der Waals surface area (Å²) in [6.45, 7) is 1.85. The van der Waals surface area contributed by atoms with Crippen molar-refractivity contribution in [1.29, 1.82) is 0 Å². The Bertz CT molecular complexity index is 585. The van der Waals surface area contributed by atoms with Crippen LogP contribution in [0.3, 0.4) is 0 Å². The SMILES string of the molecule is Cl.Cl.O=C(N[C@H]1CCCNC1)c1cccc(-n2cccn2)n1. The number of hydrogen-bond donors (Lipinski definition) is 2. The summed E-state index contributed by atoms with van der Waals surface area (Å²) in [5.41, 5.74) is 0.420. The Hall–Kier alpha value is -1.63. The summed E-state index contributed by atoms with van der Waals surface area (Å²) in [6, 6.07) is 7.37. The average molecular weight is 344 g/mol. The van der Waals surface area contributed by atoms with Crippen molar-refractivity contribution < 1.29 is 4.79 Å². The fourth-order valence-corrected chi connectivity index (χ4v) is 2.32. The predicted molar refractivity (Wildman–Crippen MR) is 89.2 cm³/mol. The van der Waals surface area contributed by atoms with Crippen LogP contribution in [0.25, 0.3) is 5.82 Å². The van der Waals surface area contributed by atoms with Gasteiger partial charge in [-0.2, -0.15) is 5.10 Å². The average Bonchev–Trinajstić information content (AvgIpc) is 3.03. The molecular weight excluding hydrogens is 325 g/mol. The highest BCUT2D eigenvalue weighted by molar-refractivity contribution is 5.92. The molecule has 2 N–H and O–H groups in total. The van der Waals surface area contributed by atoms with E-state index in [0.717, 1.165) is 25.9 Å². The monoisotopic (exact) mass is 343 g/mol. The highest BCUT2D eigenvalue weighted by Crippen LogP contribution is 2.06. The molecule has 0 radical (unpaired) electrons. The number of rotatable bonds is 3. The van der Waals surface area contributed by atoms with Gasteiger partial charge in [0.15, 0.2) is 5.82 Å². The molecule has 0 bridgehead atoms. The number of pyridine rings is 1. The fourth-order valence-electron chi connectivity index (χ4n) is 2.32. The molecular formula is C14H19Cl2N5O. The van der Waals surface area contributed by atoms with Crippen LogP contribution in [0, 0.1) is 0 Å². The minimum Gasteiger partial charge on any atom is -0.347 e. The van der Waals surface area contributed by atoms with E-state index < -0.39 is 0 Å². The lowest BCUT2D eigenvalue weighted by molar-refractivity contribution is 0.0925. The van der Waals surface area contributed by atoms with Gasteiger partial charge in [0.25, 0.3) is 5.91 Å². The number of halogens is 2. The molecule has 1 amide bonds. The van der Waals surface area contributed by atoms with Gasteiger partial charge in [-0.3, -0.25) is 4.79 Å². The maximum absolute atomic E-state index is 12.2. The van der Waals surface area contributed by atoms with E-state index >= 15 is 0 Å². The van der Waals surface area contributed by atoms with Gasteiger partial charge in [0.1, 0.15) is 5.69 Å². The molecule has 1 aliphatic rings. The van der Waals surface area contributed by atoms with Gasteiger partial charge in [-0.05, 0) is 37.6 Å². The fraction of sp³-hybridized carbons (Fsp3) is 0.357. The maximum Gasteiger partial charge on any atom is 0.270 e. The van der Waals surface area contributed by atoms with Crippen molar-refractivity contribution in [3.63, 3.8) is 0 Å². The van der Waals surface area contributed by atoms with Crippen LogP contribution in [0.15, 0.2) is 36.7 Å². The molecule has 1 fully saturated rings. The second kappa shape index (κ2) is 8.73. The van der Waals surface area contributed by atoms with Crippen LogP contribution in [-0.2, 0) is 0 Å². The largest absolute Gasteiger partial charge is 0.347 e. The van der Waals surface area contributed by atoms with Crippen LogP contribution in [0.4, 0.5) is 0 Å². The van der Waals surface area contributed by atoms with Gasteiger partial charge in [-0.25, -0.2) is 9.67 Å². The molecule has 1 saturated heterocycles. The summed E-state index contributed by atoms with van der Waals surface area (Å²) in [5.74, 6) is 0.511. The highest BCUT2D eigenvalue weighted by Gasteiger charge is 2.17. The molecule has 0 aromatic carbocycles. The molecule has 1 aliphatic heterocycles. The molecule has 1 atom stereocenters. The number of hydrogen-bond acceptors (Lipinski definition) is 4. The van der Waals surface area contributed by atoms with Crippen molar-refractivity contribution in [3.8, 4) is 5.82 Å². The van der Waals surface area contributed by atoms with Crippen LogP contribution in [0.2, 0.25) is 0 Å². The van der Waals surface area contributed by atoms with Gasteiger partial charge in [0.05, 0.1) is 0 Å². The van der Waals surface area contributed by atoms with Crippen molar-refractivity contribution >= 4 is 30.7 Å². The second-order valence-electron chi connectivity index (χ2n) is 4.85. The minimum atomic E-state index is -0.132. The first-order valence-electron chi connectivity index (χ1n) is 6.81. The van der Waals surface area contributed by atoms with Gasteiger partial charge in [-0.1, -0.05) is 6.07 Å². The Labute approximate surface area is 141 Å².